The van der Waals surface area contributed by atoms with Crippen molar-refractivity contribution in [2.75, 3.05) is 60.7 Å². The summed E-state index contributed by atoms with van der Waals surface area (Å²) < 4.78 is 18.2. The normalized spacial score (nSPS) is 16.9. The van der Waals surface area contributed by atoms with E-state index in [1.54, 1.807) is 21.3 Å². The fourth-order valence-corrected chi connectivity index (χ4v) is 3.63. The molecule has 9 heteroatoms. The van der Waals surface area contributed by atoms with Crippen LogP contribution in [0.5, 0.6) is 11.5 Å². The zero-order valence-electron chi connectivity index (χ0n) is 17.2. The van der Waals surface area contributed by atoms with E-state index in [1.165, 1.54) is 0 Å². The van der Waals surface area contributed by atoms with Crippen molar-refractivity contribution < 1.29 is 14.2 Å². The summed E-state index contributed by atoms with van der Waals surface area (Å²) in [5.74, 6) is 2.36. The molecule has 0 radical (unpaired) electrons. The van der Waals surface area contributed by atoms with E-state index >= 15 is 0 Å². The van der Waals surface area contributed by atoms with Crippen LogP contribution in [0.25, 0.3) is 0 Å². The van der Waals surface area contributed by atoms with E-state index in [2.05, 4.69) is 32.2 Å². The quantitative estimate of drug-likeness (QED) is 0.629. The molecule has 1 atom stereocenters. The Hall–Kier alpha value is -2.23. The maximum Gasteiger partial charge on any atom is 0.173 e. The predicted octanol–water partition coefficient (Wildman–Crippen LogP) is 1.06. The molecule has 9 nitrogen and oxygen atoms in total. The molecule has 154 valence electrons. The molecule has 2 aromatic rings. The monoisotopic (exact) mass is 390 g/mol. The highest BCUT2D eigenvalue weighted by Gasteiger charge is 2.32. The lowest BCUT2D eigenvalue weighted by Crippen LogP contribution is -2.48. The van der Waals surface area contributed by atoms with Crippen molar-refractivity contribution in [2.24, 2.45) is 0 Å². The van der Waals surface area contributed by atoms with Gasteiger partial charge in [-0.2, -0.15) is 0 Å². The fraction of sp³-hybridized carbons (Fsp3) is 0.632. The third-order valence-corrected chi connectivity index (χ3v) is 5.26. The molecule has 1 aromatic carbocycles. The van der Waals surface area contributed by atoms with Gasteiger partial charge >= 0.3 is 0 Å². The highest BCUT2D eigenvalue weighted by molar-refractivity contribution is 5.44. The van der Waals surface area contributed by atoms with Gasteiger partial charge in [0.05, 0.1) is 27.4 Å². The minimum absolute atomic E-state index is 0.129. The summed E-state index contributed by atoms with van der Waals surface area (Å²) in [6, 6.07) is 5.73. The second kappa shape index (κ2) is 9.81. The molecule has 2 heterocycles. The molecule has 1 aliphatic heterocycles. The van der Waals surface area contributed by atoms with E-state index in [9.17, 15) is 0 Å². The van der Waals surface area contributed by atoms with Gasteiger partial charge in [-0.05, 0) is 35.2 Å². The maximum atomic E-state index is 5.68. The average Bonchev–Trinajstić information content (AvgIpc) is 3.20. The Labute approximate surface area is 166 Å². The number of piperazine rings is 1. The maximum absolute atomic E-state index is 5.68. The van der Waals surface area contributed by atoms with Crippen LogP contribution < -0.4 is 9.47 Å². The second-order valence-electron chi connectivity index (χ2n) is 6.73. The van der Waals surface area contributed by atoms with Crippen LogP contribution in [0.15, 0.2) is 18.2 Å². The van der Waals surface area contributed by atoms with Gasteiger partial charge in [-0.1, -0.05) is 6.92 Å². The first-order chi connectivity index (χ1) is 13.7. The lowest BCUT2D eigenvalue weighted by Gasteiger charge is -2.38. The number of hydrogen-bond donors (Lipinski definition) is 0. The molecule has 1 aliphatic rings. The molecular formula is C19H30N6O3. The Kier molecular flexibility index (Phi) is 7.18. The number of likely N-dealkylation sites (N-methyl/N-ethyl adjacent to an activating group) is 1. The van der Waals surface area contributed by atoms with Crippen molar-refractivity contribution in [1.29, 1.82) is 0 Å². The van der Waals surface area contributed by atoms with Crippen molar-refractivity contribution in [2.45, 2.75) is 19.5 Å². The van der Waals surface area contributed by atoms with Gasteiger partial charge in [0.2, 0.25) is 0 Å². The zero-order chi connectivity index (χ0) is 19.9. The molecule has 0 saturated carbocycles. The first-order valence-electron chi connectivity index (χ1n) is 9.65. The lowest BCUT2D eigenvalue weighted by atomic mass is 10.0. The summed E-state index contributed by atoms with van der Waals surface area (Å²) >= 11 is 0. The third-order valence-electron chi connectivity index (χ3n) is 5.26. The SMILES string of the molecule is CCN1CCN(C(c2cc(OC)ccc2OC)c2nnnn2CCOC)CC1. The summed E-state index contributed by atoms with van der Waals surface area (Å²) in [5.41, 5.74) is 1.00. The molecule has 28 heavy (non-hydrogen) atoms. The van der Waals surface area contributed by atoms with E-state index in [-0.39, 0.29) is 6.04 Å². The van der Waals surface area contributed by atoms with Crippen molar-refractivity contribution in [1.82, 2.24) is 30.0 Å². The van der Waals surface area contributed by atoms with Crippen LogP contribution in [0, 0.1) is 0 Å². The van der Waals surface area contributed by atoms with Crippen LogP contribution in [0.1, 0.15) is 24.4 Å². The number of aromatic nitrogens is 4. The van der Waals surface area contributed by atoms with E-state index < -0.39 is 0 Å². The molecule has 1 fully saturated rings. The molecule has 0 bridgehead atoms. The smallest absolute Gasteiger partial charge is 0.173 e. The second-order valence-corrected chi connectivity index (χ2v) is 6.73. The van der Waals surface area contributed by atoms with Gasteiger partial charge in [-0.3, -0.25) is 4.90 Å². The van der Waals surface area contributed by atoms with Gasteiger partial charge < -0.3 is 19.1 Å². The Morgan fingerprint density at radius 2 is 1.86 bits per heavy atom. The van der Waals surface area contributed by atoms with Crippen molar-refractivity contribution in [3.8, 4) is 11.5 Å². The topological polar surface area (TPSA) is 77.8 Å². The van der Waals surface area contributed by atoms with E-state index in [0.29, 0.717) is 13.2 Å². The molecule has 1 aromatic heterocycles. The molecule has 3 rings (SSSR count). The first-order valence-corrected chi connectivity index (χ1v) is 9.65. The number of hydrogen-bond acceptors (Lipinski definition) is 8. The minimum Gasteiger partial charge on any atom is -0.497 e. The van der Waals surface area contributed by atoms with Crippen LogP contribution in [0.2, 0.25) is 0 Å². The molecule has 1 unspecified atom stereocenters. The number of tetrazole rings is 1. The van der Waals surface area contributed by atoms with Crippen LogP contribution in [0.4, 0.5) is 0 Å². The van der Waals surface area contributed by atoms with Gasteiger partial charge in [0.1, 0.15) is 17.5 Å². The summed E-state index contributed by atoms with van der Waals surface area (Å²) in [6.07, 6.45) is 0. The van der Waals surface area contributed by atoms with Gasteiger partial charge in [0.25, 0.3) is 0 Å². The van der Waals surface area contributed by atoms with E-state index in [4.69, 9.17) is 14.2 Å². The summed E-state index contributed by atoms with van der Waals surface area (Å²) in [6.45, 7) is 8.28. The van der Waals surface area contributed by atoms with Crippen LogP contribution in [-0.2, 0) is 11.3 Å². The first kappa shape index (κ1) is 20.5. The molecule has 0 amide bonds. The Morgan fingerprint density at radius 1 is 1.07 bits per heavy atom. The fourth-order valence-electron chi connectivity index (χ4n) is 3.63. The van der Waals surface area contributed by atoms with Crippen LogP contribution in [0.3, 0.4) is 0 Å². The highest BCUT2D eigenvalue weighted by atomic mass is 16.5. The lowest BCUT2D eigenvalue weighted by molar-refractivity contribution is 0.106. The molecule has 0 aliphatic carbocycles. The number of ether oxygens (including phenoxy) is 3. The summed E-state index contributed by atoms with van der Waals surface area (Å²) in [5, 5.41) is 12.5. The van der Waals surface area contributed by atoms with E-state index in [0.717, 1.165) is 55.6 Å². The van der Waals surface area contributed by atoms with Gasteiger partial charge in [-0.25, -0.2) is 4.68 Å². The van der Waals surface area contributed by atoms with Crippen molar-refractivity contribution >= 4 is 0 Å². The number of rotatable bonds is 9. The number of nitrogens with zero attached hydrogens (tertiary/aromatic N) is 6. The number of methoxy groups -OCH3 is 3. The van der Waals surface area contributed by atoms with Crippen molar-refractivity contribution in [3.05, 3.63) is 29.6 Å². The molecule has 1 saturated heterocycles. The van der Waals surface area contributed by atoms with Crippen LogP contribution >= 0.6 is 0 Å². The average molecular weight is 390 g/mol. The van der Waals surface area contributed by atoms with Gasteiger partial charge in [-0.15, -0.1) is 5.10 Å². The van der Waals surface area contributed by atoms with Crippen LogP contribution in [-0.4, -0.2) is 90.7 Å². The number of benzene rings is 1. The Morgan fingerprint density at radius 3 is 2.50 bits per heavy atom. The zero-order valence-corrected chi connectivity index (χ0v) is 17.2. The van der Waals surface area contributed by atoms with Gasteiger partial charge in [0.15, 0.2) is 5.82 Å². The Balaban J connectivity index is 2.02. The van der Waals surface area contributed by atoms with E-state index in [1.807, 2.05) is 22.9 Å². The van der Waals surface area contributed by atoms with Gasteiger partial charge in [0, 0.05) is 38.9 Å². The predicted molar refractivity (Wildman–Crippen MR) is 105 cm³/mol. The standard InChI is InChI=1S/C19H30N6O3/c1-5-23-8-10-24(11-9-23)18(19-20-21-22-25(19)12-13-26-2)16-14-15(27-3)6-7-17(16)28-4/h6-7,14,18H,5,8-13H2,1-4H3. The third kappa shape index (κ3) is 4.43. The Bertz CT molecular complexity index is 745. The van der Waals surface area contributed by atoms with Crippen molar-refractivity contribution in [3.63, 3.8) is 0 Å². The molecular weight excluding hydrogens is 360 g/mol. The molecule has 0 spiro atoms. The summed E-state index contributed by atoms with van der Waals surface area (Å²) in [4.78, 5) is 4.86. The highest BCUT2D eigenvalue weighted by Crippen LogP contribution is 2.36. The summed E-state index contributed by atoms with van der Waals surface area (Å²) in [7, 11) is 5.03. The minimum atomic E-state index is -0.129. The molecule has 0 N–H and O–H groups in total. The largest absolute Gasteiger partial charge is 0.497 e.